The smallest absolute Gasteiger partial charge is 0.170 e. The van der Waals surface area contributed by atoms with E-state index in [1.54, 1.807) is 6.08 Å². The van der Waals surface area contributed by atoms with Crippen LogP contribution >= 0.6 is 0 Å². The van der Waals surface area contributed by atoms with Gasteiger partial charge in [-0.25, -0.2) is 4.39 Å². The first kappa shape index (κ1) is 5.54. The van der Waals surface area contributed by atoms with Gasteiger partial charge in [0.05, 0.1) is 0 Å². The molecular weight excluding hydrogens is 103 g/mol. The molecule has 0 aliphatic heterocycles. The van der Waals surface area contributed by atoms with Crippen molar-refractivity contribution in [1.82, 2.24) is 0 Å². The normalized spacial score (nSPS) is 21.0. The van der Waals surface area contributed by atoms with E-state index >= 15 is 0 Å². The summed E-state index contributed by atoms with van der Waals surface area (Å²) in [6, 6.07) is 0. The molecular formula is C7H8F. The first-order valence-corrected chi connectivity index (χ1v) is 2.64. The molecule has 0 atom stereocenters. The Labute approximate surface area is 48.7 Å². The van der Waals surface area contributed by atoms with Crippen LogP contribution in [0, 0.1) is 6.17 Å². The van der Waals surface area contributed by atoms with Crippen molar-refractivity contribution in [3.8, 4) is 0 Å². The number of allylic oxidation sites excluding steroid dienone is 4. The molecule has 0 spiro atoms. The van der Waals surface area contributed by atoms with E-state index in [2.05, 4.69) is 0 Å². The summed E-state index contributed by atoms with van der Waals surface area (Å²) < 4.78 is 12.2. The van der Waals surface area contributed by atoms with Crippen LogP contribution in [0.15, 0.2) is 23.8 Å². The maximum atomic E-state index is 12.2. The van der Waals surface area contributed by atoms with Gasteiger partial charge >= 0.3 is 0 Å². The van der Waals surface area contributed by atoms with Gasteiger partial charge < -0.3 is 0 Å². The van der Waals surface area contributed by atoms with E-state index in [1.165, 1.54) is 6.08 Å². The number of rotatable bonds is 0. The van der Waals surface area contributed by atoms with Gasteiger partial charge in [-0.1, -0.05) is 17.7 Å². The van der Waals surface area contributed by atoms with Crippen LogP contribution in [-0.2, 0) is 0 Å². The van der Waals surface area contributed by atoms with E-state index in [4.69, 9.17) is 0 Å². The average molecular weight is 111 g/mol. The molecule has 0 aromatic rings. The van der Waals surface area contributed by atoms with Gasteiger partial charge in [-0.3, -0.25) is 0 Å². The molecule has 0 aromatic carbocycles. The van der Waals surface area contributed by atoms with Crippen molar-refractivity contribution in [3.63, 3.8) is 0 Å². The van der Waals surface area contributed by atoms with Crippen LogP contribution in [0.2, 0.25) is 0 Å². The largest absolute Gasteiger partial charge is 0.235 e. The molecule has 0 aromatic heterocycles. The van der Waals surface area contributed by atoms with Gasteiger partial charge in [0, 0.05) is 6.42 Å². The second kappa shape index (κ2) is 2.12. The summed E-state index contributed by atoms with van der Waals surface area (Å²) in [5.41, 5.74) is 1.09. The van der Waals surface area contributed by atoms with Crippen molar-refractivity contribution in [2.24, 2.45) is 0 Å². The first-order chi connectivity index (χ1) is 3.79. The molecule has 0 nitrogen and oxygen atoms in total. The first-order valence-electron chi connectivity index (χ1n) is 2.64. The summed E-state index contributed by atoms with van der Waals surface area (Å²) in [5, 5.41) is 0. The summed E-state index contributed by atoms with van der Waals surface area (Å²) >= 11 is 0. The van der Waals surface area contributed by atoms with Crippen LogP contribution in [0.25, 0.3) is 0 Å². The maximum absolute atomic E-state index is 12.2. The second-order valence-corrected chi connectivity index (χ2v) is 2.00. The Hall–Kier alpha value is -0.590. The Bertz CT molecular complexity index is 133. The molecule has 0 amide bonds. The number of halogens is 1. The van der Waals surface area contributed by atoms with Gasteiger partial charge in [0.2, 0.25) is 0 Å². The minimum absolute atomic E-state index is 0.0370. The monoisotopic (exact) mass is 111 g/mol. The number of hydrogen-bond donors (Lipinski definition) is 0. The Morgan fingerprint density at radius 3 is 2.75 bits per heavy atom. The van der Waals surface area contributed by atoms with Crippen LogP contribution in [0.1, 0.15) is 13.3 Å². The van der Waals surface area contributed by atoms with E-state index in [9.17, 15) is 4.39 Å². The molecule has 1 aliphatic carbocycles. The molecule has 0 saturated heterocycles. The topological polar surface area (TPSA) is 0 Å². The summed E-state index contributed by atoms with van der Waals surface area (Å²) in [5.74, 6) is 0. The number of hydrogen-bond acceptors (Lipinski definition) is 0. The van der Waals surface area contributed by atoms with Crippen molar-refractivity contribution < 1.29 is 4.39 Å². The van der Waals surface area contributed by atoms with Crippen LogP contribution in [0.3, 0.4) is 0 Å². The average Bonchev–Trinajstić information content (AvgIpc) is 1.64. The molecule has 1 heteroatoms. The fourth-order valence-corrected chi connectivity index (χ4v) is 0.701. The van der Waals surface area contributed by atoms with Crippen molar-refractivity contribution in [2.45, 2.75) is 13.3 Å². The summed E-state index contributed by atoms with van der Waals surface area (Å²) in [4.78, 5) is 0. The molecule has 0 bridgehead atoms. The van der Waals surface area contributed by atoms with Crippen molar-refractivity contribution in [1.29, 1.82) is 0 Å². The third kappa shape index (κ3) is 1.19. The standard InChI is InChI=1S/C7H8F/c1-6-3-2-4-7(8)5-6/h2-4H,5H2,1H3. The molecule has 1 radical (unpaired) electrons. The molecule has 1 rings (SSSR count). The van der Waals surface area contributed by atoms with E-state index in [-0.39, 0.29) is 6.17 Å². The minimum atomic E-state index is -0.0370. The lowest BCUT2D eigenvalue weighted by Gasteiger charge is -2.04. The predicted octanol–water partition coefficient (Wildman–Crippen LogP) is 2.39. The van der Waals surface area contributed by atoms with E-state index < -0.39 is 0 Å². The zero-order chi connectivity index (χ0) is 5.98. The lowest BCUT2D eigenvalue weighted by Crippen LogP contribution is -1.89. The van der Waals surface area contributed by atoms with Gasteiger partial charge in [-0.05, 0) is 13.0 Å². The maximum Gasteiger partial charge on any atom is 0.170 e. The highest BCUT2D eigenvalue weighted by Crippen LogP contribution is 2.19. The van der Waals surface area contributed by atoms with E-state index in [0.717, 1.165) is 5.57 Å². The van der Waals surface area contributed by atoms with E-state index in [1.807, 2.05) is 13.0 Å². The summed E-state index contributed by atoms with van der Waals surface area (Å²) in [7, 11) is 0. The van der Waals surface area contributed by atoms with Crippen LogP contribution in [-0.4, -0.2) is 0 Å². The Kier molecular flexibility index (Phi) is 1.47. The Morgan fingerprint density at radius 2 is 2.38 bits per heavy atom. The molecule has 0 unspecified atom stereocenters. The van der Waals surface area contributed by atoms with Crippen LogP contribution < -0.4 is 0 Å². The minimum Gasteiger partial charge on any atom is -0.235 e. The van der Waals surface area contributed by atoms with Crippen LogP contribution in [0.5, 0.6) is 0 Å². The molecule has 0 N–H and O–H groups in total. The molecule has 0 saturated carbocycles. The molecule has 43 valence electrons. The van der Waals surface area contributed by atoms with Crippen molar-refractivity contribution >= 4 is 0 Å². The third-order valence-electron chi connectivity index (χ3n) is 1.11. The highest BCUT2D eigenvalue weighted by molar-refractivity contribution is 5.24. The predicted molar refractivity (Wildman–Crippen MR) is 31.9 cm³/mol. The summed E-state index contributed by atoms with van der Waals surface area (Å²) in [6.07, 6.45) is 5.60. The van der Waals surface area contributed by atoms with Gasteiger partial charge in [0.25, 0.3) is 0 Å². The molecule has 0 heterocycles. The lowest BCUT2D eigenvalue weighted by molar-refractivity contribution is 0.522. The van der Waals surface area contributed by atoms with Gasteiger partial charge in [-0.2, -0.15) is 0 Å². The fourth-order valence-electron chi connectivity index (χ4n) is 0.701. The molecule has 1 aliphatic rings. The fraction of sp³-hybridized carbons (Fsp3) is 0.286. The highest BCUT2D eigenvalue weighted by Gasteiger charge is 2.05. The Morgan fingerprint density at radius 1 is 1.62 bits per heavy atom. The van der Waals surface area contributed by atoms with Crippen molar-refractivity contribution in [2.75, 3.05) is 0 Å². The Balaban J connectivity index is 2.59. The highest BCUT2D eigenvalue weighted by atomic mass is 19.1. The molecule has 0 fully saturated rings. The zero-order valence-electron chi connectivity index (χ0n) is 4.82. The summed E-state index contributed by atoms with van der Waals surface area (Å²) in [6.45, 7) is 1.92. The zero-order valence-corrected chi connectivity index (χ0v) is 4.82. The van der Waals surface area contributed by atoms with Gasteiger partial charge in [-0.15, -0.1) is 0 Å². The molecule has 8 heavy (non-hydrogen) atoms. The van der Waals surface area contributed by atoms with Crippen molar-refractivity contribution in [3.05, 3.63) is 30.0 Å². The van der Waals surface area contributed by atoms with E-state index in [0.29, 0.717) is 6.42 Å². The second-order valence-electron chi connectivity index (χ2n) is 2.00. The van der Waals surface area contributed by atoms with Gasteiger partial charge in [0.1, 0.15) is 0 Å². The third-order valence-corrected chi connectivity index (χ3v) is 1.11. The SMILES string of the molecule is CC1=CC=C[C](F)C1. The van der Waals surface area contributed by atoms with Gasteiger partial charge in [0.15, 0.2) is 6.17 Å². The van der Waals surface area contributed by atoms with Crippen LogP contribution in [0.4, 0.5) is 4.39 Å². The quantitative estimate of drug-likeness (QED) is 0.450. The lowest BCUT2D eigenvalue weighted by atomic mass is 10.1.